The summed E-state index contributed by atoms with van der Waals surface area (Å²) < 4.78 is 62.7. The third kappa shape index (κ3) is 2.85. The molecule has 1 rings (SSSR count). The third-order valence-electron chi connectivity index (χ3n) is 2.59. The smallest absolute Gasteiger partial charge is 0.307 e. The summed E-state index contributed by atoms with van der Waals surface area (Å²) in [5.74, 6) is -7.66. The highest BCUT2D eigenvalue weighted by Crippen LogP contribution is 2.38. The van der Waals surface area contributed by atoms with E-state index in [2.05, 4.69) is 0 Å². The predicted molar refractivity (Wildman–Crippen MR) is 60.2 cm³/mol. The van der Waals surface area contributed by atoms with Crippen LogP contribution in [0.4, 0.5) is 27.6 Å². The van der Waals surface area contributed by atoms with Crippen LogP contribution in [-0.2, 0) is 4.79 Å². The lowest BCUT2D eigenvalue weighted by Crippen LogP contribution is -2.52. The van der Waals surface area contributed by atoms with Gasteiger partial charge in [0.05, 0.1) is 0 Å². The van der Waals surface area contributed by atoms with Crippen molar-refractivity contribution >= 4 is 11.6 Å². The maximum atomic E-state index is 13.1. The number of benzene rings is 1. The standard InChI is InChI=1S/C12H12F5NO/c1-3-18(9-7-5-4-6-8(9)2)10(19)11(13,14)12(15,16)17/h4-7H,3H2,1-2H3. The van der Waals surface area contributed by atoms with Gasteiger partial charge in [-0.25, -0.2) is 0 Å². The molecule has 1 aromatic carbocycles. The molecule has 0 radical (unpaired) electrons. The monoisotopic (exact) mass is 281 g/mol. The van der Waals surface area contributed by atoms with Gasteiger partial charge in [0, 0.05) is 12.2 Å². The molecular weight excluding hydrogens is 269 g/mol. The molecule has 0 saturated heterocycles. The fourth-order valence-electron chi connectivity index (χ4n) is 1.58. The number of nitrogens with zero attached hydrogens (tertiary/aromatic N) is 1. The van der Waals surface area contributed by atoms with Crippen molar-refractivity contribution in [1.29, 1.82) is 0 Å². The Labute approximate surface area is 106 Å². The van der Waals surface area contributed by atoms with Gasteiger partial charge in [-0.05, 0) is 25.5 Å². The van der Waals surface area contributed by atoms with Crippen LogP contribution in [0.2, 0.25) is 0 Å². The molecule has 1 aromatic rings. The normalized spacial score (nSPS) is 12.4. The molecule has 0 spiro atoms. The van der Waals surface area contributed by atoms with Crippen molar-refractivity contribution in [3.05, 3.63) is 29.8 Å². The zero-order chi connectivity index (χ0) is 14.8. The molecule has 0 bridgehead atoms. The van der Waals surface area contributed by atoms with Crippen molar-refractivity contribution in [3.8, 4) is 0 Å². The van der Waals surface area contributed by atoms with E-state index in [4.69, 9.17) is 0 Å². The maximum Gasteiger partial charge on any atom is 0.463 e. The molecule has 0 atom stereocenters. The van der Waals surface area contributed by atoms with Crippen molar-refractivity contribution in [1.82, 2.24) is 0 Å². The summed E-state index contributed by atoms with van der Waals surface area (Å²) in [6, 6.07) is 5.91. The summed E-state index contributed by atoms with van der Waals surface area (Å²) in [6.07, 6.45) is -5.90. The lowest BCUT2D eigenvalue weighted by molar-refractivity contribution is -0.268. The van der Waals surface area contributed by atoms with Crippen LogP contribution < -0.4 is 4.90 Å². The van der Waals surface area contributed by atoms with E-state index in [1.807, 2.05) is 0 Å². The van der Waals surface area contributed by atoms with Gasteiger partial charge in [-0.2, -0.15) is 22.0 Å². The van der Waals surface area contributed by atoms with Gasteiger partial charge >= 0.3 is 18.0 Å². The summed E-state index contributed by atoms with van der Waals surface area (Å²) in [4.78, 5) is 11.9. The molecule has 0 heterocycles. The molecule has 2 nitrogen and oxygen atoms in total. The fourth-order valence-corrected chi connectivity index (χ4v) is 1.58. The maximum absolute atomic E-state index is 13.1. The Balaban J connectivity index is 3.19. The summed E-state index contributed by atoms with van der Waals surface area (Å²) in [5, 5.41) is 0. The number of anilines is 1. The van der Waals surface area contributed by atoms with Gasteiger partial charge in [-0.15, -0.1) is 0 Å². The fraction of sp³-hybridized carbons (Fsp3) is 0.417. The first-order chi connectivity index (χ1) is 8.63. The Morgan fingerprint density at radius 1 is 1.16 bits per heavy atom. The first-order valence-electron chi connectivity index (χ1n) is 5.45. The largest absolute Gasteiger partial charge is 0.463 e. The van der Waals surface area contributed by atoms with Crippen LogP contribution >= 0.6 is 0 Å². The molecule has 0 aromatic heterocycles. The van der Waals surface area contributed by atoms with Crippen LogP contribution in [0.3, 0.4) is 0 Å². The lowest BCUT2D eigenvalue weighted by Gasteiger charge is -2.28. The van der Waals surface area contributed by atoms with Gasteiger partial charge in [0.2, 0.25) is 0 Å². The predicted octanol–water partition coefficient (Wildman–Crippen LogP) is 3.55. The zero-order valence-electron chi connectivity index (χ0n) is 10.3. The number of alkyl halides is 5. The van der Waals surface area contributed by atoms with Crippen molar-refractivity contribution in [3.63, 3.8) is 0 Å². The minimum atomic E-state index is -5.90. The second-order valence-electron chi connectivity index (χ2n) is 3.91. The van der Waals surface area contributed by atoms with Gasteiger partial charge in [-0.1, -0.05) is 18.2 Å². The summed E-state index contributed by atoms with van der Waals surface area (Å²) >= 11 is 0. The highest BCUT2D eigenvalue weighted by atomic mass is 19.4. The minimum absolute atomic E-state index is 0.0407. The lowest BCUT2D eigenvalue weighted by atomic mass is 10.1. The molecule has 0 unspecified atom stereocenters. The second kappa shape index (κ2) is 5.14. The number of carbonyl (C=O) groups is 1. The van der Waals surface area contributed by atoms with Crippen LogP contribution in [0.15, 0.2) is 24.3 Å². The number of halogens is 5. The van der Waals surface area contributed by atoms with Gasteiger partial charge in [0.25, 0.3) is 0 Å². The van der Waals surface area contributed by atoms with Gasteiger partial charge in [-0.3, -0.25) is 4.79 Å². The molecule has 7 heteroatoms. The van der Waals surface area contributed by atoms with E-state index < -0.39 is 18.0 Å². The number of aryl methyl sites for hydroxylation is 1. The van der Waals surface area contributed by atoms with Crippen LogP contribution in [0.5, 0.6) is 0 Å². The average molecular weight is 281 g/mol. The van der Waals surface area contributed by atoms with Crippen molar-refractivity contribution in [2.45, 2.75) is 25.9 Å². The van der Waals surface area contributed by atoms with Gasteiger partial charge in [0.15, 0.2) is 0 Å². The van der Waals surface area contributed by atoms with E-state index in [1.165, 1.54) is 32.0 Å². The molecule has 19 heavy (non-hydrogen) atoms. The van der Waals surface area contributed by atoms with E-state index in [9.17, 15) is 26.7 Å². The SMILES string of the molecule is CCN(C(=O)C(F)(F)C(F)(F)F)c1ccccc1C. The number of carbonyl (C=O) groups excluding carboxylic acids is 1. The first-order valence-corrected chi connectivity index (χ1v) is 5.45. The third-order valence-corrected chi connectivity index (χ3v) is 2.59. The number of hydrogen-bond acceptors (Lipinski definition) is 1. The Kier molecular flexibility index (Phi) is 4.17. The number of rotatable bonds is 3. The van der Waals surface area contributed by atoms with E-state index in [1.54, 1.807) is 6.07 Å². The van der Waals surface area contributed by atoms with Gasteiger partial charge < -0.3 is 4.90 Å². The highest BCUT2D eigenvalue weighted by molar-refractivity contribution is 5.99. The molecule has 0 aliphatic heterocycles. The Bertz CT molecular complexity index is 469. The zero-order valence-corrected chi connectivity index (χ0v) is 10.3. The van der Waals surface area contributed by atoms with Crippen LogP contribution in [-0.4, -0.2) is 24.6 Å². The second-order valence-corrected chi connectivity index (χ2v) is 3.91. The molecule has 0 aliphatic carbocycles. The van der Waals surface area contributed by atoms with Crippen LogP contribution in [0.25, 0.3) is 0 Å². The van der Waals surface area contributed by atoms with Crippen molar-refractivity contribution in [2.75, 3.05) is 11.4 Å². The number of amides is 1. The topological polar surface area (TPSA) is 20.3 Å². The van der Waals surface area contributed by atoms with E-state index in [-0.39, 0.29) is 12.2 Å². The van der Waals surface area contributed by atoms with E-state index in [0.717, 1.165) is 0 Å². The highest BCUT2D eigenvalue weighted by Gasteiger charge is 2.64. The van der Waals surface area contributed by atoms with Crippen molar-refractivity contribution in [2.24, 2.45) is 0 Å². The Morgan fingerprint density at radius 2 is 1.68 bits per heavy atom. The molecule has 0 saturated carbocycles. The molecule has 1 amide bonds. The molecular formula is C12H12F5NO. The van der Waals surface area contributed by atoms with E-state index >= 15 is 0 Å². The summed E-state index contributed by atoms with van der Waals surface area (Å²) in [7, 11) is 0. The first kappa shape index (κ1) is 15.4. The Morgan fingerprint density at radius 3 is 2.11 bits per heavy atom. The van der Waals surface area contributed by atoms with Gasteiger partial charge in [0.1, 0.15) is 0 Å². The molecule has 0 fully saturated rings. The Hall–Kier alpha value is -1.66. The quantitative estimate of drug-likeness (QED) is 0.776. The van der Waals surface area contributed by atoms with Crippen molar-refractivity contribution < 1.29 is 26.7 Å². The van der Waals surface area contributed by atoms with Crippen LogP contribution in [0, 0.1) is 6.92 Å². The molecule has 106 valence electrons. The van der Waals surface area contributed by atoms with E-state index in [0.29, 0.717) is 10.5 Å². The average Bonchev–Trinajstić information content (AvgIpc) is 2.30. The number of hydrogen-bond donors (Lipinski definition) is 0. The molecule has 0 N–H and O–H groups in total. The number of para-hydroxylation sites is 1. The van der Waals surface area contributed by atoms with Crippen LogP contribution in [0.1, 0.15) is 12.5 Å². The summed E-state index contributed by atoms with van der Waals surface area (Å²) in [5.41, 5.74) is 0.481. The minimum Gasteiger partial charge on any atom is -0.307 e. The summed E-state index contributed by atoms with van der Waals surface area (Å²) in [6.45, 7) is 2.57. The molecule has 0 aliphatic rings.